The van der Waals surface area contributed by atoms with Crippen LogP contribution in [-0.4, -0.2) is 25.2 Å². The van der Waals surface area contributed by atoms with Crippen molar-refractivity contribution in [3.05, 3.63) is 28.4 Å². The summed E-state index contributed by atoms with van der Waals surface area (Å²) in [5.41, 5.74) is 3.83. The Kier molecular flexibility index (Phi) is 3.35. The van der Waals surface area contributed by atoms with Gasteiger partial charge in [-0.3, -0.25) is 10.1 Å². The molecule has 19 heavy (non-hydrogen) atoms. The summed E-state index contributed by atoms with van der Waals surface area (Å²) < 4.78 is 0. The highest BCUT2D eigenvalue weighted by atomic mass is 32.1. The summed E-state index contributed by atoms with van der Waals surface area (Å²) >= 11 is 0.834. The van der Waals surface area contributed by atoms with E-state index in [-0.39, 0.29) is 27.9 Å². The van der Waals surface area contributed by atoms with Gasteiger partial charge in [-0.2, -0.15) is 10.4 Å². The van der Waals surface area contributed by atoms with Crippen molar-refractivity contribution >= 4 is 27.2 Å². The van der Waals surface area contributed by atoms with E-state index in [2.05, 4.69) is 10.4 Å². The summed E-state index contributed by atoms with van der Waals surface area (Å²) in [6.07, 6.45) is 1.11. The van der Waals surface area contributed by atoms with Gasteiger partial charge in [0.15, 0.2) is 17.2 Å². The Hall–Kier alpha value is -2.59. The quantitative estimate of drug-likeness (QED) is 0.179. The number of quaternary nitrogens is 1. The molecule has 0 aliphatic rings. The molecule has 0 unspecified atom stereocenters. The largest absolute Gasteiger partial charge is 0.508 e. The number of hydrogen-bond acceptors (Lipinski definition) is 8. The fourth-order valence-corrected chi connectivity index (χ4v) is 1.93. The molecular formula is C9H9N4O5S+. The number of phenolic OH excluding ortho intramolecular Hbond substituents is 3. The van der Waals surface area contributed by atoms with E-state index in [9.17, 15) is 20.3 Å². The van der Waals surface area contributed by atoms with E-state index in [0.29, 0.717) is 5.13 Å². The van der Waals surface area contributed by atoms with Crippen molar-refractivity contribution in [3.8, 4) is 17.2 Å². The van der Waals surface area contributed by atoms with Gasteiger partial charge in [0.1, 0.15) is 11.9 Å². The molecule has 0 bridgehead atoms. The molecule has 2 aromatic rings. The summed E-state index contributed by atoms with van der Waals surface area (Å²) in [4.78, 5) is 13.7. The van der Waals surface area contributed by atoms with Gasteiger partial charge < -0.3 is 15.3 Å². The van der Waals surface area contributed by atoms with Gasteiger partial charge in [0, 0.05) is 23.5 Å². The third-order valence-electron chi connectivity index (χ3n) is 2.11. The van der Waals surface area contributed by atoms with E-state index in [1.165, 1.54) is 5.43 Å². The molecule has 0 fully saturated rings. The maximum atomic E-state index is 10.5. The van der Waals surface area contributed by atoms with Crippen LogP contribution in [0, 0.1) is 10.1 Å². The van der Waals surface area contributed by atoms with Gasteiger partial charge in [-0.1, -0.05) is 0 Å². The summed E-state index contributed by atoms with van der Waals surface area (Å²) in [6.45, 7) is 0. The number of nitro groups is 1. The minimum Gasteiger partial charge on any atom is -0.508 e. The fraction of sp³-hybridized carbons (Fsp3) is 0. The van der Waals surface area contributed by atoms with Crippen molar-refractivity contribution < 1.29 is 25.7 Å². The molecule has 2 rings (SSSR count). The molecule has 10 heteroatoms. The second kappa shape index (κ2) is 4.96. The van der Waals surface area contributed by atoms with Crippen LogP contribution in [0.2, 0.25) is 0 Å². The first kappa shape index (κ1) is 12.9. The summed E-state index contributed by atoms with van der Waals surface area (Å²) in [5, 5.41) is 38.8. The monoisotopic (exact) mass is 285 g/mol. The second-order valence-corrected chi connectivity index (χ2v) is 4.48. The van der Waals surface area contributed by atoms with Crippen molar-refractivity contribution in [1.29, 1.82) is 0 Å². The predicted octanol–water partition coefficient (Wildman–Crippen LogP) is 0.390. The molecule has 0 aliphatic heterocycles. The minimum absolute atomic E-state index is 0.0318. The molecule has 9 nitrogen and oxygen atoms in total. The molecule has 100 valence electrons. The number of hydrogen-bond donors (Lipinski definition) is 5. The molecule has 0 spiro atoms. The third-order valence-corrected chi connectivity index (χ3v) is 3.01. The summed E-state index contributed by atoms with van der Waals surface area (Å²) in [6, 6.07) is 2.08. The van der Waals surface area contributed by atoms with Gasteiger partial charge in [-0.15, -0.1) is 0 Å². The van der Waals surface area contributed by atoms with Gasteiger partial charge in [-0.05, 0) is 0 Å². The lowest BCUT2D eigenvalue weighted by Crippen LogP contribution is -2.82. The van der Waals surface area contributed by atoms with E-state index >= 15 is 0 Å². The Morgan fingerprint density at radius 2 is 1.95 bits per heavy atom. The lowest BCUT2D eigenvalue weighted by atomic mass is 10.2. The van der Waals surface area contributed by atoms with Crippen LogP contribution in [0.25, 0.3) is 0 Å². The Balaban J connectivity index is 2.12. The molecule has 1 aromatic heterocycles. The highest BCUT2D eigenvalue weighted by Gasteiger charge is 2.16. The van der Waals surface area contributed by atoms with Crippen molar-refractivity contribution in [2.45, 2.75) is 0 Å². The van der Waals surface area contributed by atoms with Crippen LogP contribution in [0.1, 0.15) is 0 Å². The molecule has 1 heterocycles. The highest BCUT2D eigenvalue weighted by Crippen LogP contribution is 2.36. The van der Waals surface area contributed by atoms with E-state index in [0.717, 1.165) is 29.7 Å². The van der Waals surface area contributed by atoms with Crippen molar-refractivity contribution in [2.75, 3.05) is 5.43 Å². The number of benzene rings is 1. The van der Waals surface area contributed by atoms with E-state index in [4.69, 9.17) is 5.11 Å². The first-order valence-corrected chi connectivity index (χ1v) is 5.74. The predicted molar refractivity (Wildman–Crippen MR) is 65.4 cm³/mol. The second-order valence-electron chi connectivity index (χ2n) is 3.44. The number of phenols is 3. The number of rotatable bonds is 4. The average molecular weight is 285 g/mol. The van der Waals surface area contributed by atoms with E-state index in [1.807, 2.05) is 0 Å². The van der Waals surface area contributed by atoms with Gasteiger partial charge in [0.2, 0.25) is 0 Å². The van der Waals surface area contributed by atoms with Crippen LogP contribution in [0.4, 0.5) is 15.8 Å². The number of nitrogens with two attached hydrogens (primary N) is 1. The van der Waals surface area contributed by atoms with Gasteiger partial charge in [0.25, 0.3) is 0 Å². The molecule has 0 atom stereocenters. The topological polar surface area (TPSA) is 145 Å². The Labute approximate surface area is 109 Å². The first-order chi connectivity index (χ1) is 8.97. The molecule has 0 amide bonds. The normalized spacial score (nSPS) is 10.3. The maximum Gasteiger partial charge on any atom is 0.349 e. The molecule has 6 N–H and O–H groups in total. The summed E-state index contributed by atoms with van der Waals surface area (Å²) in [5.74, 6) is -1.01. The molecule has 0 aliphatic carbocycles. The number of aromatic nitrogens is 1. The van der Waals surface area contributed by atoms with Crippen LogP contribution in [0.5, 0.6) is 17.2 Å². The molecule has 0 radical (unpaired) electrons. The summed E-state index contributed by atoms with van der Waals surface area (Å²) in [7, 11) is 0. The molecule has 0 saturated heterocycles. The lowest BCUT2D eigenvalue weighted by Gasteiger charge is -2.07. The Morgan fingerprint density at radius 1 is 1.32 bits per heavy atom. The van der Waals surface area contributed by atoms with Crippen molar-refractivity contribution in [3.63, 3.8) is 0 Å². The highest BCUT2D eigenvalue weighted by molar-refractivity contribution is 7.17. The number of thiazole rings is 1. The molecule has 1 aromatic carbocycles. The van der Waals surface area contributed by atoms with E-state index in [1.54, 1.807) is 0 Å². The SMILES string of the molecule is O=[N+]([O-])c1cnc([NH2+]Nc2c(O)cc(O)cc2O)s1. The number of anilines is 1. The van der Waals surface area contributed by atoms with Crippen LogP contribution >= 0.6 is 11.3 Å². The zero-order valence-corrected chi connectivity index (χ0v) is 10.1. The van der Waals surface area contributed by atoms with Gasteiger partial charge in [0.05, 0.1) is 4.92 Å². The van der Waals surface area contributed by atoms with Crippen LogP contribution in [0.3, 0.4) is 0 Å². The smallest absolute Gasteiger partial charge is 0.349 e. The minimum atomic E-state index is -0.565. The average Bonchev–Trinajstić information content (AvgIpc) is 2.76. The third kappa shape index (κ3) is 2.81. The number of aromatic hydroxyl groups is 3. The van der Waals surface area contributed by atoms with Crippen molar-refractivity contribution in [2.24, 2.45) is 0 Å². The van der Waals surface area contributed by atoms with Crippen LogP contribution in [-0.2, 0) is 0 Å². The van der Waals surface area contributed by atoms with Gasteiger partial charge in [-0.25, -0.2) is 5.43 Å². The number of nitrogen functional groups attached to an aromatic ring is 1. The van der Waals surface area contributed by atoms with Crippen molar-refractivity contribution in [1.82, 2.24) is 4.98 Å². The first-order valence-electron chi connectivity index (χ1n) is 4.92. The van der Waals surface area contributed by atoms with Crippen LogP contribution < -0.4 is 10.9 Å². The molecular weight excluding hydrogens is 276 g/mol. The zero-order chi connectivity index (χ0) is 14.0. The van der Waals surface area contributed by atoms with Crippen LogP contribution in [0.15, 0.2) is 18.3 Å². The maximum absolute atomic E-state index is 10.5. The van der Waals surface area contributed by atoms with E-state index < -0.39 is 4.92 Å². The molecule has 0 saturated carbocycles. The standard InChI is InChI=1S/C9H8N4O5S/c14-4-1-5(15)8(6(16)2-4)11-12-9-10-3-7(19-9)13(17)18/h1-3,11,14-16H,(H,10,12)/p+1. The van der Waals surface area contributed by atoms with Gasteiger partial charge >= 0.3 is 10.1 Å². The Bertz CT molecular complexity index is 606. The lowest BCUT2D eigenvalue weighted by molar-refractivity contribution is -0.538. The zero-order valence-electron chi connectivity index (χ0n) is 9.27. The fourth-order valence-electron chi connectivity index (χ4n) is 1.31. The Morgan fingerprint density at radius 3 is 2.47 bits per heavy atom. The number of nitrogens with zero attached hydrogens (tertiary/aromatic N) is 2. The number of nitrogens with one attached hydrogen (secondary N) is 1.